The van der Waals surface area contributed by atoms with E-state index in [2.05, 4.69) is 5.32 Å². The molecule has 92 valence electrons. The molecule has 1 aliphatic carbocycles. The first-order valence-electron chi connectivity index (χ1n) is 6.46. The fourth-order valence-corrected chi connectivity index (χ4v) is 3.73. The summed E-state index contributed by atoms with van der Waals surface area (Å²) in [5.41, 5.74) is 0. The molecule has 0 unspecified atom stereocenters. The molecule has 1 saturated heterocycles. The molecular formula is C12H22N2OS. The Morgan fingerprint density at radius 3 is 2.62 bits per heavy atom. The van der Waals surface area contributed by atoms with Gasteiger partial charge in [-0.2, -0.15) is 11.8 Å². The average molecular weight is 242 g/mol. The van der Waals surface area contributed by atoms with E-state index in [0.29, 0.717) is 5.91 Å². The topological polar surface area (TPSA) is 32.3 Å². The predicted octanol–water partition coefficient (Wildman–Crippen LogP) is 1.48. The van der Waals surface area contributed by atoms with Crippen molar-refractivity contribution in [3.8, 4) is 0 Å². The van der Waals surface area contributed by atoms with Crippen LogP contribution in [0.1, 0.15) is 32.1 Å². The third-order valence-corrected chi connectivity index (χ3v) is 4.82. The smallest absolute Gasteiger partial charge is 0.223 e. The first-order valence-corrected chi connectivity index (χ1v) is 7.51. The zero-order valence-corrected chi connectivity index (χ0v) is 10.7. The van der Waals surface area contributed by atoms with Crippen LogP contribution in [0.15, 0.2) is 0 Å². The Labute approximate surface area is 102 Å². The standard InChI is InChI=1S/C12H22N2OS/c15-12(14-8-6-13-7-9-14)5-10-16-11-3-1-2-4-11/h11,13H,1-10H2. The van der Waals surface area contributed by atoms with Crippen molar-refractivity contribution in [3.05, 3.63) is 0 Å². The number of rotatable bonds is 4. The number of thioether (sulfide) groups is 1. The second-order valence-corrected chi connectivity index (χ2v) is 6.07. The fourth-order valence-electron chi connectivity index (χ4n) is 2.44. The Bertz CT molecular complexity index is 223. The molecule has 0 radical (unpaired) electrons. The summed E-state index contributed by atoms with van der Waals surface area (Å²) in [5, 5.41) is 4.11. The van der Waals surface area contributed by atoms with Crippen molar-refractivity contribution in [2.75, 3.05) is 31.9 Å². The van der Waals surface area contributed by atoms with Gasteiger partial charge in [-0.05, 0) is 12.8 Å². The summed E-state index contributed by atoms with van der Waals surface area (Å²) in [6, 6.07) is 0. The van der Waals surface area contributed by atoms with E-state index in [1.807, 2.05) is 16.7 Å². The Morgan fingerprint density at radius 2 is 1.94 bits per heavy atom. The minimum atomic E-state index is 0.354. The number of carbonyl (C=O) groups is 1. The molecule has 1 heterocycles. The second-order valence-electron chi connectivity index (χ2n) is 4.66. The van der Waals surface area contributed by atoms with Gasteiger partial charge in [0.25, 0.3) is 0 Å². The molecular weight excluding hydrogens is 220 g/mol. The van der Waals surface area contributed by atoms with Crippen LogP contribution in [-0.4, -0.2) is 48.0 Å². The van der Waals surface area contributed by atoms with Crippen molar-refractivity contribution >= 4 is 17.7 Å². The third-order valence-electron chi connectivity index (χ3n) is 3.44. The Balaban J connectivity index is 1.59. The fraction of sp³-hybridized carbons (Fsp3) is 0.917. The Hall–Kier alpha value is -0.220. The quantitative estimate of drug-likeness (QED) is 0.810. The summed E-state index contributed by atoms with van der Waals surface area (Å²) in [6.45, 7) is 3.71. The molecule has 4 heteroatoms. The number of piperazine rings is 1. The second kappa shape index (κ2) is 6.50. The molecule has 2 aliphatic rings. The van der Waals surface area contributed by atoms with Gasteiger partial charge in [-0.25, -0.2) is 0 Å². The van der Waals surface area contributed by atoms with Gasteiger partial charge in [-0.3, -0.25) is 4.79 Å². The third kappa shape index (κ3) is 3.67. The van der Waals surface area contributed by atoms with Gasteiger partial charge in [0, 0.05) is 43.6 Å². The maximum Gasteiger partial charge on any atom is 0.223 e. The lowest BCUT2D eigenvalue weighted by Crippen LogP contribution is -2.46. The molecule has 1 saturated carbocycles. The monoisotopic (exact) mass is 242 g/mol. The van der Waals surface area contributed by atoms with Crippen LogP contribution >= 0.6 is 11.8 Å². The molecule has 0 bridgehead atoms. The molecule has 2 rings (SSSR count). The van der Waals surface area contributed by atoms with Crippen LogP contribution in [0.5, 0.6) is 0 Å². The lowest BCUT2D eigenvalue weighted by atomic mass is 10.3. The van der Waals surface area contributed by atoms with Crippen LogP contribution in [0.3, 0.4) is 0 Å². The Morgan fingerprint density at radius 1 is 1.25 bits per heavy atom. The lowest BCUT2D eigenvalue weighted by Gasteiger charge is -2.27. The molecule has 16 heavy (non-hydrogen) atoms. The minimum absolute atomic E-state index is 0.354. The van der Waals surface area contributed by atoms with Crippen molar-refractivity contribution in [1.29, 1.82) is 0 Å². The molecule has 1 aliphatic heterocycles. The predicted molar refractivity (Wildman–Crippen MR) is 68.8 cm³/mol. The molecule has 0 aromatic rings. The molecule has 0 aromatic carbocycles. The molecule has 0 atom stereocenters. The number of hydrogen-bond donors (Lipinski definition) is 1. The van der Waals surface area contributed by atoms with Gasteiger partial charge in [-0.1, -0.05) is 12.8 Å². The van der Waals surface area contributed by atoms with Gasteiger partial charge in [0.15, 0.2) is 0 Å². The van der Waals surface area contributed by atoms with Crippen LogP contribution in [-0.2, 0) is 4.79 Å². The largest absolute Gasteiger partial charge is 0.340 e. The highest BCUT2D eigenvalue weighted by molar-refractivity contribution is 7.99. The number of amides is 1. The van der Waals surface area contributed by atoms with Crippen LogP contribution < -0.4 is 5.32 Å². The molecule has 0 aromatic heterocycles. The van der Waals surface area contributed by atoms with Crippen molar-refractivity contribution in [3.63, 3.8) is 0 Å². The molecule has 0 spiro atoms. The summed E-state index contributed by atoms with van der Waals surface area (Å²) < 4.78 is 0. The molecule has 2 fully saturated rings. The van der Waals surface area contributed by atoms with Crippen LogP contribution in [0, 0.1) is 0 Å². The number of carbonyl (C=O) groups excluding carboxylic acids is 1. The maximum atomic E-state index is 11.9. The van der Waals surface area contributed by atoms with Crippen LogP contribution in [0.25, 0.3) is 0 Å². The normalized spacial score (nSPS) is 22.6. The first kappa shape index (κ1) is 12.2. The summed E-state index contributed by atoms with van der Waals surface area (Å²) in [7, 11) is 0. The van der Waals surface area contributed by atoms with Crippen molar-refractivity contribution in [2.24, 2.45) is 0 Å². The van der Waals surface area contributed by atoms with Gasteiger partial charge >= 0.3 is 0 Å². The van der Waals surface area contributed by atoms with Gasteiger partial charge < -0.3 is 10.2 Å². The molecule has 1 N–H and O–H groups in total. The van der Waals surface area contributed by atoms with E-state index in [0.717, 1.165) is 43.6 Å². The summed E-state index contributed by atoms with van der Waals surface area (Å²) in [5.74, 6) is 1.37. The number of nitrogens with zero attached hydrogens (tertiary/aromatic N) is 1. The van der Waals surface area contributed by atoms with E-state index < -0.39 is 0 Å². The minimum Gasteiger partial charge on any atom is -0.340 e. The highest BCUT2D eigenvalue weighted by atomic mass is 32.2. The summed E-state index contributed by atoms with van der Waals surface area (Å²) in [4.78, 5) is 13.9. The van der Waals surface area contributed by atoms with Crippen LogP contribution in [0.4, 0.5) is 0 Å². The average Bonchev–Trinajstić information content (AvgIpc) is 2.83. The molecule has 3 nitrogen and oxygen atoms in total. The highest BCUT2D eigenvalue weighted by Crippen LogP contribution is 2.29. The van der Waals surface area contributed by atoms with Gasteiger partial charge in [-0.15, -0.1) is 0 Å². The first-order chi connectivity index (χ1) is 7.86. The van der Waals surface area contributed by atoms with E-state index in [9.17, 15) is 4.79 Å². The summed E-state index contributed by atoms with van der Waals surface area (Å²) >= 11 is 2.01. The SMILES string of the molecule is O=C(CCSC1CCCC1)N1CCNCC1. The van der Waals surface area contributed by atoms with E-state index in [4.69, 9.17) is 0 Å². The zero-order valence-electron chi connectivity index (χ0n) is 9.91. The van der Waals surface area contributed by atoms with Crippen molar-refractivity contribution in [1.82, 2.24) is 10.2 Å². The number of hydrogen-bond acceptors (Lipinski definition) is 3. The van der Waals surface area contributed by atoms with Gasteiger partial charge in [0.05, 0.1) is 0 Å². The van der Waals surface area contributed by atoms with Gasteiger partial charge in [0.1, 0.15) is 0 Å². The van der Waals surface area contributed by atoms with E-state index in [1.54, 1.807) is 0 Å². The van der Waals surface area contributed by atoms with E-state index >= 15 is 0 Å². The zero-order chi connectivity index (χ0) is 11.2. The lowest BCUT2D eigenvalue weighted by molar-refractivity contribution is -0.131. The number of nitrogens with one attached hydrogen (secondary N) is 1. The maximum absolute atomic E-state index is 11.9. The van der Waals surface area contributed by atoms with E-state index in [-0.39, 0.29) is 0 Å². The van der Waals surface area contributed by atoms with Gasteiger partial charge in [0.2, 0.25) is 5.91 Å². The van der Waals surface area contributed by atoms with Crippen molar-refractivity contribution < 1.29 is 4.79 Å². The highest BCUT2D eigenvalue weighted by Gasteiger charge is 2.18. The van der Waals surface area contributed by atoms with Crippen molar-refractivity contribution in [2.45, 2.75) is 37.4 Å². The summed E-state index contributed by atoms with van der Waals surface area (Å²) in [6.07, 6.45) is 6.26. The van der Waals surface area contributed by atoms with Crippen LogP contribution in [0.2, 0.25) is 0 Å². The van der Waals surface area contributed by atoms with E-state index in [1.165, 1.54) is 25.7 Å². The Kier molecular flexibility index (Phi) is 4.97. The molecule has 1 amide bonds.